The van der Waals surface area contributed by atoms with Crippen molar-refractivity contribution in [3.63, 3.8) is 0 Å². The summed E-state index contributed by atoms with van der Waals surface area (Å²) in [4.78, 5) is 21.5. The minimum Gasteiger partial charge on any atom is -0.480 e. The molecule has 0 aromatic heterocycles. The average Bonchev–Trinajstić information content (AvgIpc) is 2.48. The number of rotatable bonds is 5. The van der Waals surface area contributed by atoms with E-state index in [4.69, 9.17) is 15.9 Å². The van der Waals surface area contributed by atoms with E-state index in [1.54, 1.807) is 24.3 Å². The Morgan fingerprint density at radius 2 is 1.38 bits per heavy atom. The van der Waals surface area contributed by atoms with Crippen molar-refractivity contribution in [3.05, 3.63) is 59.7 Å². The smallest absolute Gasteiger partial charge is 0.335 e. The lowest BCUT2D eigenvalue weighted by atomic mass is 10.00. The first-order valence-electron chi connectivity index (χ1n) is 6.38. The number of carbonyl (C=O) groups is 2. The van der Waals surface area contributed by atoms with E-state index in [-0.39, 0.29) is 12.0 Å². The van der Waals surface area contributed by atoms with E-state index in [2.05, 4.69) is 0 Å². The summed E-state index contributed by atoms with van der Waals surface area (Å²) in [5.41, 5.74) is 8.40. The Morgan fingerprint density at radius 3 is 1.81 bits per heavy atom. The number of carboxylic acids is 2. The van der Waals surface area contributed by atoms with Crippen LogP contribution in [-0.2, 0) is 11.2 Å². The van der Waals surface area contributed by atoms with Crippen molar-refractivity contribution in [2.45, 2.75) is 12.5 Å². The molecular weight excluding hydrogens is 270 g/mol. The summed E-state index contributed by atoms with van der Waals surface area (Å²) < 4.78 is 0. The van der Waals surface area contributed by atoms with Gasteiger partial charge in [-0.05, 0) is 35.2 Å². The van der Waals surface area contributed by atoms with E-state index in [0.29, 0.717) is 0 Å². The van der Waals surface area contributed by atoms with Gasteiger partial charge in [0.2, 0.25) is 0 Å². The molecule has 2 aromatic rings. The molecule has 5 heteroatoms. The van der Waals surface area contributed by atoms with Crippen LogP contribution in [0.2, 0.25) is 0 Å². The molecule has 0 bridgehead atoms. The lowest BCUT2D eigenvalue weighted by Crippen LogP contribution is -2.32. The first-order valence-corrected chi connectivity index (χ1v) is 6.38. The Labute approximate surface area is 121 Å². The summed E-state index contributed by atoms with van der Waals surface area (Å²) in [6.45, 7) is 0. The van der Waals surface area contributed by atoms with Gasteiger partial charge in [-0.2, -0.15) is 0 Å². The van der Waals surface area contributed by atoms with Gasteiger partial charge in [0.05, 0.1) is 5.56 Å². The maximum Gasteiger partial charge on any atom is 0.335 e. The first kappa shape index (κ1) is 14.7. The Morgan fingerprint density at radius 1 is 0.905 bits per heavy atom. The summed E-state index contributed by atoms with van der Waals surface area (Å²) in [6.07, 6.45) is 0.271. The second-order valence-corrected chi connectivity index (χ2v) is 4.73. The highest BCUT2D eigenvalue weighted by atomic mass is 16.4. The third kappa shape index (κ3) is 3.67. The van der Waals surface area contributed by atoms with Crippen LogP contribution in [0.3, 0.4) is 0 Å². The van der Waals surface area contributed by atoms with E-state index in [1.165, 1.54) is 0 Å². The van der Waals surface area contributed by atoms with Crippen LogP contribution in [0.1, 0.15) is 15.9 Å². The highest BCUT2D eigenvalue weighted by Gasteiger charge is 2.12. The standard InChI is InChI=1S/C16H15NO4/c17-14(16(20)21)9-10-1-3-11(4-2-10)12-5-7-13(8-6-12)15(18)19/h1-8,14H,9,17H2,(H,18,19)(H,20,21)/t14-/m0/s1. The molecule has 0 aliphatic carbocycles. The van der Waals surface area contributed by atoms with Crippen LogP contribution >= 0.6 is 0 Å². The molecule has 0 aliphatic heterocycles. The van der Waals surface area contributed by atoms with Gasteiger partial charge >= 0.3 is 11.9 Å². The second kappa shape index (κ2) is 6.19. The van der Waals surface area contributed by atoms with Gasteiger partial charge in [-0.15, -0.1) is 0 Å². The van der Waals surface area contributed by atoms with Crippen LogP contribution < -0.4 is 5.73 Å². The maximum absolute atomic E-state index is 10.8. The molecule has 0 unspecified atom stereocenters. The Bertz CT molecular complexity index is 647. The zero-order chi connectivity index (χ0) is 15.4. The van der Waals surface area contributed by atoms with Gasteiger partial charge in [-0.3, -0.25) is 4.79 Å². The molecule has 2 aromatic carbocycles. The number of nitrogens with two attached hydrogens (primary N) is 1. The number of carboxylic acid groups (broad SMARTS) is 2. The monoisotopic (exact) mass is 285 g/mol. The summed E-state index contributed by atoms with van der Waals surface area (Å²) in [5.74, 6) is -1.98. The van der Waals surface area contributed by atoms with Crippen LogP contribution in [0.5, 0.6) is 0 Å². The summed E-state index contributed by atoms with van der Waals surface area (Å²) in [6, 6.07) is 13.0. The maximum atomic E-state index is 10.8. The Kier molecular flexibility index (Phi) is 4.35. The third-order valence-corrected chi connectivity index (χ3v) is 3.19. The van der Waals surface area contributed by atoms with Crippen LogP contribution in [0.25, 0.3) is 11.1 Å². The van der Waals surface area contributed by atoms with Crippen LogP contribution in [0, 0.1) is 0 Å². The van der Waals surface area contributed by atoms with Crippen LogP contribution in [0.4, 0.5) is 0 Å². The predicted octanol–water partition coefficient (Wildman–Crippen LogP) is 2.01. The molecule has 0 saturated carbocycles. The zero-order valence-corrected chi connectivity index (χ0v) is 11.2. The van der Waals surface area contributed by atoms with Gasteiger partial charge in [0.25, 0.3) is 0 Å². The second-order valence-electron chi connectivity index (χ2n) is 4.73. The Hall–Kier alpha value is -2.66. The molecular formula is C16H15NO4. The van der Waals surface area contributed by atoms with Gasteiger partial charge < -0.3 is 15.9 Å². The molecule has 0 radical (unpaired) electrons. The summed E-state index contributed by atoms with van der Waals surface area (Å²) in [7, 11) is 0. The molecule has 4 N–H and O–H groups in total. The van der Waals surface area contributed by atoms with Crippen molar-refractivity contribution in [3.8, 4) is 11.1 Å². The summed E-state index contributed by atoms with van der Waals surface area (Å²) in [5, 5.41) is 17.6. The number of hydrogen-bond donors (Lipinski definition) is 3. The molecule has 0 spiro atoms. The highest BCUT2D eigenvalue weighted by molar-refractivity contribution is 5.88. The number of hydrogen-bond acceptors (Lipinski definition) is 3. The van der Waals surface area contributed by atoms with Crippen LogP contribution in [-0.4, -0.2) is 28.2 Å². The lowest BCUT2D eigenvalue weighted by molar-refractivity contribution is -0.138. The molecule has 1 atom stereocenters. The van der Waals surface area contributed by atoms with E-state index in [9.17, 15) is 9.59 Å². The molecule has 5 nitrogen and oxygen atoms in total. The topological polar surface area (TPSA) is 101 Å². The quantitative estimate of drug-likeness (QED) is 0.780. The van der Waals surface area contributed by atoms with Gasteiger partial charge in [0.15, 0.2) is 0 Å². The van der Waals surface area contributed by atoms with Gasteiger partial charge in [-0.1, -0.05) is 36.4 Å². The normalized spacial score (nSPS) is 11.9. The number of benzene rings is 2. The summed E-state index contributed by atoms with van der Waals surface area (Å²) >= 11 is 0. The van der Waals surface area contributed by atoms with Crippen molar-refractivity contribution >= 4 is 11.9 Å². The number of aliphatic carboxylic acids is 1. The van der Waals surface area contributed by atoms with Crippen molar-refractivity contribution in [1.82, 2.24) is 0 Å². The molecule has 0 heterocycles. The molecule has 0 amide bonds. The minimum atomic E-state index is -1.02. The first-order chi connectivity index (χ1) is 9.97. The van der Waals surface area contributed by atoms with Gasteiger partial charge in [0.1, 0.15) is 6.04 Å². The number of aromatic carboxylic acids is 1. The fourth-order valence-electron chi connectivity index (χ4n) is 1.98. The molecule has 21 heavy (non-hydrogen) atoms. The van der Waals surface area contributed by atoms with Crippen molar-refractivity contribution in [2.75, 3.05) is 0 Å². The lowest BCUT2D eigenvalue weighted by Gasteiger charge is -2.08. The highest BCUT2D eigenvalue weighted by Crippen LogP contribution is 2.20. The van der Waals surface area contributed by atoms with Crippen molar-refractivity contribution < 1.29 is 19.8 Å². The van der Waals surface area contributed by atoms with E-state index in [1.807, 2.05) is 24.3 Å². The van der Waals surface area contributed by atoms with Gasteiger partial charge in [0, 0.05) is 0 Å². The molecule has 2 rings (SSSR count). The van der Waals surface area contributed by atoms with E-state index < -0.39 is 18.0 Å². The fourth-order valence-corrected chi connectivity index (χ4v) is 1.98. The van der Waals surface area contributed by atoms with E-state index >= 15 is 0 Å². The molecule has 0 fully saturated rings. The minimum absolute atomic E-state index is 0.239. The Balaban J connectivity index is 2.15. The van der Waals surface area contributed by atoms with Gasteiger partial charge in [-0.25, -0.2) is 4.79 Å². The SMILES string of the molecule is N[C@@H](Cc1ccc(-c2ccc(C(=O)O)cc2)cc1)C(=O)O. The molecule has 108 valence electrons. The third-order valence-electron chi connectivity index (χ3n) is 3.19. The molecule has 0 saturated heterocycles. The molecule has 0 aliphatic rings. The average molecular weight is 285 g/mol. The zero-order valence-electron chi connectivity index (χ0n) is 11.2. The van der Waals surface area contributed by atoms with Crippen molar-refractivity contribution in [1.29, 1.82) is 0 Å². The van der Waals surface area contributed by atoms with Crippen molar-refractivity contribution in [2.24, 2.45) is 5.73 Å². The fraction of sp³-hybridized carbons (Fsp3) is 0.125. The predicted molar refractivity (Wildman–Crippen MR) is 78.2 cm³/mol. The largest absolute Gasteiger partial charge is 0.480 e. The van der Waals surface area contributed by atoms with E-state index in [0.717, 1.165) is 16.7 Å². The van der Waals surface area contributed by atoms with Crippen LogP contribution in [0.15, 0.2) is 48.5 Å².